The summed E-state index contributed by atoms with van der Waals surface area (Å²) in [6.45, 7) is 9.02. The summed E-state index contributed by atoms with van der Waals surface area (Å²) in [6.07, 6.45) is 5.22. The molecule has 0 atom stereocenters. The molecule has 0 bridgehead atoms. The molecule has 4 heterocycles. The summed E-state index contributed by atoms with van der Waals surface area (Å²) in [4.78, 5) is 12.4. The maximum atomic E-state index is 5.00. The highest BCUT2D eigenvalue weighted by Gasteiger charge is 2.21. The van der Waals surface area contributed by atoms with Crippen LogP contribution in [0.1, 0.15) is 25.7 Å². The van der Waals surface area contributed by atoms with Gasteiger partial charge in [-0.05, 0) is 25.7 Å². The fraction of sp³-hybridized carbons (Fsp3) is 0.706. The van der Waals surface area contributed by atoms with Crippen LogP contribution in [0.2, 0.25) is 0 Å². The first kappa shape index (κ1) is 14.1. The van der Waals surface area contributed by atoms with Gasteiger partial charge in [0, 0.05) is 70.2 Å². The highest BCUT2D eigenvalue weighted by atomic mass is 15.3. The van der Waals surface area contributed by atoms with E-state index in [-0.39, 0.29) is 0 Å². The minimum absolute atomic E-state index is 1.08. The first-order chi connectivity index (χ1) is 10.9. The lowest BCUT2D eigenvalue weighted by molar-refractivity contribution is 0.589. The maximum absolute atomic E-state index is 5.00. The molecule has 1 N–H and O–H groups in total. The van der Waals surface area contributed by atoms with E-state index in [0.717, 1.165) is 52.4 Å². The lowest BCUT2D eigenvalue weighted by atomic mass is 10.2. The molecule has 22 heavy (non-hydrogen) atoms. The number of pyridine rings is 1. The van der Waals surface area contributed by atoms with Gasteiger partial charge < -0.3 is 20.0 Å². The zero-order chi connectivity index (χ0) is 14.8. The molecule has 3 aliphatic rings. The number of hydrogen-bond acceptors (Lipinski definition) is 5. The standard InChI is InChI=1S/C17H27N5/c1-2-8-21(7-1)16-13-15(20-11-5-18-6-12-20)14-17(19-16)22-9-3-4-10-22/h13-14,18H,1-12H2. The van der Waals surface area contributed by atoms with E-state index in [1.165, 1.54) is 43.0 Å². The molecule has 0 spiro atoms. The van der Waals surface area contributed by atoms with Crippen LogP contribution in [0.3, 0.4) is 0 Å². The van der Waals surface area contributed by atoms with Gasteiger partial charge in [-0.2, -0.15) is 0 Å². The van der Waals surface area contributed by atoms with E-state index in [4.69, 9.17) is 4.98 Å². The number of nitrogens with one attached hydrogen (secondary N) is 1. The Balaban J connectivity index is 1.65. The van der Waals surface area contributed by atoms with Crippen molar-refractivity contribution in [3.63, 3.8) is 0 Å². The first-order valence-electron chi connectivity index (χ1n) is 8.88. The number of piperazine rings is 1. The molecule has 1 aromatic rings. The molecule has 1 aromatic heterocycles. The van der Waals surface area contributed by atoms with Crippen LogP contribution >= 0.6 is 0 Å². The molecule has 0 aromatic carbocycles. The summed E-state index contributed by atoms with van der Waals surface area (Å²) in [6, 6.07) is 4.63. The quantitative estimate of drug-likeness (QED) is 0.919. The van der Waals surface area contributed by atoms with E-state index in [2.05, 4.69) is 32.1 Å². The van der Waals surface area contributed by atoms with Gasteiger partial charge >= 0.3 is 0 Å². The summed E-state index contributed by atoms with van der Waals surface area (Å²) in [7, 11) is 0. The molecule has 3 saturated heterocycles. The predicted octanol–water partition coefficient (Wildman–Crippen LogP) is 1.69. The summed E-state index contributed by atoms with van der Waals surface area (Å²) >= 11 is 0. The molecule has 0 saturated carbocycles. The minimum Gasteiger partial charge on any atom is -0.369 e. The molecule has 3 aliphatic heterocycles. The van der Waals surface area contributed by atoms with Gasteiger partial charge in [-0.15, -0.1) is 0 Å². The van der Waals surface area contributed by atoms with Crippen molar-refractivity contribution in [2.45, 2.75) is 25.7 Å². The van der Waals surface area contributed by atoms with Gasteiger partial charge in [0.2, 0.25) is 0 Å². The number of hydrogen-bond donors (Lipinski definition) is 1. The monoisotopic (exact) mass is 301 g/mol. The SMILES string of the molecule is c1c(N2CCNCC2)cc(N2CCCC2)nc1N1CCCC1. The van der Waals surface area contributed by atoms with E-state index in [1.807, 2.05) is 0 Å². The summed E-state index contributed by atoms with van der Waals surface area (Å²) in [5, 5.41) is 3.45. The maximum Gasteiger partial charge on any atom is 0.133 e. The van der Waals surface area contributed by atoms with E-state index in [9.17, 15) is 0 Å². The molecule has 0 amide bonds. The van der Waals surface area contributed by atoms with Crippen LogP contribution in [0.15, 0.2) is 12.1 Å². The molecule has 0 unspecified atom stereocenters. The third-order valence-electron chi connectivity index (χ3n) is 5.13. The molecule has 0 aliphatic carbocycles. The second kappa shape index (κ2) is 6.32. The van der Waals surface area contributed by atoms with E-state index in [0.29, 0.717) is 0 Å². The Bertz CT molecular complexity index is 466. The van der Waals surface area contributed by atoms with Crippen molar-refractivity contribution in [3.8, 4) is 0 Å². The number of nitrogens with zero attached hydrogens (tertiary/aromatic N) is 4. The fourth-order valence-corrected chi connectivity index (χ4v) is 3.81. The van der Waals surface area contributed by atoms with Gasteiger partial charge in [-0.1, -0.05) is 0 Å². The van der Waals surface area contributed by atoms with Crippen molar-refractivity contribution in [1.82, 2.24) is 10.3 Å². The zero-order valence-electron chi connectivity index (χ0n) is 13.4. The van der Waals surface area contributed by atoms with Crippen molar-refractivity contribution < 1.29 is 0 Å². The van der Waals surface area contributed by atoms with Gasteiger partial charge in [-0.25, -0.2) is 4.98 Å². The Labute approximate surface area is 133 Å². The molecule has 120 valence electrons. The van der Waals surface area contributed by atoms with Crippen LogP contribution in [-0.2, 0) is 0 Å². The lowest BCUT2D eigenvalue weighted by Crippen LogP contribution is -2.43. The van der Waals surface area contributed by atoms with Crippen molar-refractivity contribution in [2.24, 2.45) is 0 Å². The van der Waals surface area contributed by atoms with Crippen molar-refractivity contribution in [3.05, 3.63) is 12.1 Å². The van der Waals surface area contributed by atoms with Crippen molar-refractivity contribution in [1.29, 1.82) is 0 Å². The van der Waals surface area contributed by atoms with E-state index >= 15 is 0 Å². The molecular formula is C17H27N5. The van der Waals surface area contributed by atoms with Crippen molar-refractivity contribution in [2.75, 3.05) is 67.1 Å². The molecule has 5 nitrogen and oxygen atoms in total. The molecule has 3 fully saturated rings. The van der Waals surface area contributed by atoms with Crippen LogP contribution in [0, 0.1) is 0 Å². The summed E-state index contributed by atoms with van der Waals surface area (Å²) < 4.78 is 0. The minimum atomic E-state index is 1.08. The molecule has 4 rings (SSSR count). The zero-order valence-corrected chi connectivity index (χ0v) is 13.4. The van der Waals surface area contributed by atoms with Crippen LogP contribution in [0.5, 0.6) is 0 Å². The topological polar surface area (TPSA) is 34.6 Å². The third kappa shape index (κ3) is 2.86. The first-order valence-corrected chi connectivity index (χ1v) is 8.88. The average molecular weight is 301 g/mol. The van der Waals surface area contributed by atoms with Gasteiger partial charge in [-0.3, -0.25) is 0 Å². The van der Waals surface area contributed by atoms with E-state index in [1.54, 1.807) is 0 Å². The largest absolute Gasteiger partial charge is 0.369 e. The number of aromatic nitrogens is 1. The van der Waals surface area contributed by atoms with Gasteiger partial charge in [0.25, 0.3) is 0 Å². The Morgan fingerprint density at radius 1 is 0.682 bits per heavy atom. The van der Waals surface area contributed by atoms with E-state index < -0.39 is 0 Å². The number of rotatable bonds is 3. The molecule has 5 heteroatoms. The van der Waals surface area contributed by atoms with Crippen LogP contribution in [0.4, 0.5) is 17.3 Å². The smallest absolute Gasteiger partial charge is 0.133 e. The third-order valence-corrected chi connectivity index (χ3v) is 5.13. The van der Waals surface area contributed by atoms with Gasteiger partial charge in [0.1, 0.15) is 11.6 Å². The highest BCUT2D eigenvalue weighted by Crippen LogP contribution is 2.30. The summed E-state index contributed by atoms with van der Waals surface area (Å²) in [5.74, 6) is 2.38. The lowest BCUT2D eigenvalue weighted by Gasteiger charge is -2.31. The normalized spacial score (nSPS) is 22.6. The van der Waals surface area contributed by atoms with Gasteiger partial charge in [0.15, 0.2) is 0 Å². The second-order valence-electron chi connectivity index (χ2n) is 6.67. The number of anilines is 3. The Morgan fingerprint density at radius 2 is 1.18 bits per heavy atom. The van der Waals surface area contributed by atoms with Crippen LogP contribution < -0.4 is 20.0 Å². The fourth-order valence-electron chi connectivity index (χ4n) is 3.81. The van der Waals surface area contributed by atoms with Crippen LogP contribution in [0.25, 0.3) is 0 Å². The molecular weight excluding hydrogens is 274 g/mol. The predicted molar refractivity (Wildman–Crippen MR) is 92.2 cm³/mol. The molecule has 0 radical (unpaired) electrons. The van der Waals surface area contributed by atoms with Crippen LogP contribution in [-0.4, -0.2) is 57.3 Å². The van der Waals surface area contributed by atoms with Gasteiger partial charge in [0.05, 0.1) is 0 Å². The Kier molecular flexibility index (Phi) is 4.06. The second-order valence-corrected chi connectivity index (χ2v) is 6.67. The average Bonchev–Trinajstić information content (AvgIpc) is 3.29. The Morgan fingerprint density at radius 3 is 1.68 bits per heavy atom. The summed E-state index contributed by atoms with van der Waals surface area (Å²) in [5.41, 5.74) is 1.36. The highest BCUT2D eigenvalue weighted by molar-refractivity contribution is 5.63. The van der Waals surface area contributed by atoms with Crippen molar-refractivity contribution >= 4 is 17.3 Å². The Hall–Kier alpha value is -1.49.